The van der Waals surface area contributed by atoms with E-state index in [0.717, 1.165) is 21.9 Å². The molecule has 0 aromatic heterocycles. The minimum Gasteiger partial charge on any atom is -0.480 e. The fourth-order valence-corrected chi connectivity index (χ4v) is 4.53. The van der Waals surface area contributed by atoms with Crippen molar-refractivity contribution in [3.05, 3.63) is 82.9 Å². The molecule has 0 unspecified atom stereocenters. The second-order valence-electron chi connectivity index (χ2n) is 7.86. The molecule has 5 nitrogen and oxygen atoms in total. The Morgan fingerprint density at radius 2 is 1.77 bits per heavy atom. The Morgan fingerprint density at radius 1 is 1.06 bits per heavy atom. The van der Waals surface area contributed by atoms with Gasteiger partial charge in [0.05, 0.1) is 12.6 Å². The Hall–Kier alpha value is -2.89. The average Bonchev–Trinajstić information content (AvgIpc) is 2.78. The zero-order valence-corrected chi connectivity index (χ0v) is 18.1. The minimum absolute atomic E-state index is 0.0496. The molecule has 31 heavy (non-hydrogen) atoms. The van der Waals surface area contributed by atoms with Crippen molar-refractivity contribution in [2.24, 2.45) is 0 Å². The van der Waals surface area contributed by atoms with Gasteiger partial charge in [0.1, 0.15) is 6.04 Å². The lowest BCUT2D eigenvalue weighted by Crippen LogP contribution is -2.60. The van der Waals surface area contributed by atoms with Gasteiger partial charge in [0, 0.05) is 11.6 Å². The summed E-state index contributed by atoms with van der Waals surface area (Å²) in [6.07, 6.45) is 0.630. The number of carbonyl (C=O) groups is 2. The number of carboxylic acids is 1. The zero-order valence-electron chi connectivity index (χ0n) is 17.4. The third-order valence-corrected chi connectivity index (χ3v) is 6.27. The van der Waals surface area contributed by atoms with Crippen LogP contribution in [0, 0.1) is 0 Å². The van der Waals surface area contributed by atoms with Crippen LogP contribution in [-0.2, 0) is 16.0 Å². The molecule has 0 radical (unpaired) electrons. The first-order chi connectivity index (χ1) is 15.0. The molecule has 1 saturated heterocycles. The van der Waals surface area contributed by atoms with E-state index >= 15 is 0 Å². The van der Waals surface area contributed by atoms with E-state index in [0.29, 0.717) is 24.5 Å². The highest BCUT2D eigenvalue weighted by Crippen LogP contribution is 2.34. The number of benzene rings is 3. The summed E-state index contributed by atoms with van der Waals surface area (Å²) in [5.41, 5.74) is 1.90. The topological polar surface area (TPSA) is 60.9 Å². The number of aliphatic carboxylic acids is 1. The third kappa shape index (κ3) is 4.43. The lowest BCUT2D eigenvalue weighted by atomic mass is 9.91. The van der Waals surface area contributed by atoms with Crippen molar-refractivity contribution in [2.45, 2.75) is 25.4 Å². The number of rotatable bonds is 6. The van der Waals surface area contributed by atoms with Gasteiger partial charge in [-0.3, -0.25) is 14.5 Å². The lowest BCUT2D eigenvalue weighted by Gasteiger charge is -2.45. The maximum Gasteiger partial charge on any atom is 0.323 e. The summed E-state index contributed by atoms with van der Waals surface area (Å²) < 4.78 is 0. The minimum atomic E-state index is -0.913. The first-order valence-corrected chi connectivity index (χ1v) is 10.8. The van der Waals surface area contributed by atoms with Gasteiger partial charge in [-0.2, -0.15) is 0 Å². The van der Waals surface area contributed by atoms with Crippen molar-refractivity contribution in [1.82, 2.24) is 9.80 Å². The van der Waals surface area contributed by atoms with Crippen LogP contribution in [0.15, 0.2) is 66.7 Å². The SMILES string of the molecule is CCN1CC(=O)N(CCc2ccc(Cl)cc2)[C@@H](c2ccc3ccccc3c2)[C@@H]1C(=O)O. The van der Waals surface area contributed by atoms with Gasteiger partial charge in [0.2, 0.25) is 5.91 Å². The lowest BCUT2D eigenvalue weighted by molar-refractivity contribution is -0.157. The van der Waals surface area contributed by atoms with E-state index in [1.165, 1.54) is 0 Å². The number of piperazine rings is 1. The highest BCUT2D eigenvalue weighted by Gasteiger charge is 2.44. The number of halogens is 1. The van der Waals surface area contributed by atoms with Gasteiger partial charge in [-0.05, 0) is 53.1 Å². The average molecular weight is 437 g/mol. The summed E-state index contributed by atoms with van der Waals surface area (Å²) in [6, 6.07) is 20.1. The van der Waals surface area contributed by atoms with Crippen LogP contribution in [0.3, 0.4) is 0 Å². The van der Waals surface area contributed by atoms with Crippen LogP contribution >= 0.6 is 11.6 Å². The molecule has 2 atom stereocenters. The number of likely N-dealkylation sites (N-methyl/N-ethyl adjacent to an activating group) is 1. The zero-order chi connectivity index (χ0) is 22.0. The van der Waals surface area contributed by atoms with E-state index in [2.05, 4.69) is 0 Å². The molecule has 0 spiro atoms. The van der Waals surface area contributed by atoms with E-state index < -0.39 is 18.1 Å². The van der Waals surface area contributed by atoms with Crippen molar-refractivity contribution in [3.63, 3.8) is 0 Å². The number of hydrogen-bond donors (Lipinski definition) is 1. The molecular weight excluding hydrogens is 412 g/mol. The Labute approximate surface area is 186 Å². The van der Waals surface area contributed by atoms with Crippen molar-refractivity contribution in [1.29, 1.82) is 0 Å². The number of fused-ring (bicyclic) bond motifs is 1. The smallest absolute Gasteiger partial charge is 0.323 e. The number of nitrogens with zero attached hydrogens (tertiary/aromatic N) is 2. The van der Waals surface area contributed by atoms with Crippen LogP contribution in [0.25, 0.3) is 10.8 Å². The van der Waals surface area contributed by atoms with Gasteiger partial charge in [-0.25, -0.2) is 0 Å². The molecule has 160 valence electrons. The predicted octanol–water partition coefficient (Wildman–Crippen LogP) is 4.39. The second-order valence-corrected chi connectivity index (χ2v) is 8.30. The summed E-state index contributed by atoms with van der Waals surface area (Å²) in [5.74, 6) is -0.963. The quantitative estimate of drug-likeness (QED) is 0.622. The molecule has 0 aliphatic carbocycles. The fraction of sp³-hybridized carbons (Fsp3) is 0.280. The summed E-state index contributed by atoms with van der Waals surface area (Å²) in [5, 5.41) is 12.9. The Kier molecular flexibility index (Phi) is 6.25. The normalized spacial score (nSPS) is 19.7. The Balaban J connectivity index is 1.72. The van der Waals surface area contributed by atoms with Crippen molar-refractivity contribution >= 4 is 34.2 Å². The predicted molar refractivity (Wildman–Crippen MR) is 122 cm³/mol. The number of amides is 1. The van der Waals surface area contributed by atoms with E-state index in [1.54, 1.807) is 9.80 Å². The standard InChI is InChI=1S/C25H25ClN2O3/c1-2-27-16-22(29)28(14-13-17-7-11-21(26)12-8-17)23(24(27)25(30)31)20-10-9-18-5-3-4-6-19(18)15-20/h3-12,15,23-24H,2,13-14,16H2,1H3,(H,30,31)/t23-,24+/m0/s1. The highest BCUT2D eigenvalue weighted by atomic mass is 35.5. The molecule has 1 amide bonds. The molecule has 6 heteroatoms. The van der Waals surface area contributed by atoms with Crippen LogP contribution in [0.2, 0.25) is 5.02 Å². The monoisotopic (exact) mass is 436 g/mol. The van der Waals surface area contributed by atoms with Crippen molar-refractivity contribution < 1.29 is 14.7 Å². The molecule has 4 rings (SSSR count). The van der Waals surface area contributed by atoms with Crippen LogP contribution in [0.4, 0.5) is 0 Å². The summed E-state index contributed by atoms with van der Waals surface area (Å²) >= 11 is 5.99. The summed E-state index contributed by atoms with van der Waals surface area (Å²) in [7, 11) is 0. The van der Waals surface area contributed by atoms with Gasteiger partial charge in [-0.1, -0.05) is 67.1 Å². The number of carbonyl (C=O) groups excluding carboxylic acids is 1. The molecule has 1 heterocycles. The number of hydrogen-bond acceptors (Lipinski definition) is 3. The van der Waals surface area contributed by atoms with Crippen LogP contribution < -0.4 is 0 Å². The fourth-order valence-electron chi connectivity index (χ4n) is 4.41. The first kappa shape index (κ1) is 21.3. The van der Waals surface area contributed by atoms with E-state index in [1.807, 2.05) is 73.7 Å². The van der Waals surface area contributed by atoms with Gasteiger partial charge >= 0.3 is 5.97 Å². The maximum atomic E-state index is 13.1. The first-order valence-electron chi connectivity index (χ1n) is 10.5. The molecule has 1 N–H and O–H groups in total. The Bertz CT molecular complexity index is 1100. The summed E-state index contributed by atoms with van der Waals surface area (Å²) in [4.78, 5) is 29.0. The highest BCUT2D eigenvalue weighted by molar-refractivity contribution is 6.30. The van der Waals surface area contributed by atoms with Gasteiger partial charge in [0.15, 0.2) is 0 Å². The molecule has 3 aromatic carbocycles. The van der Waals surface area contributed by atoms with Crippen LogP contribution in [-0.4, -0.2) is 52.5 Å². The molecule has 1 aliphatic heterocycles. The molecule has 1 aliphatic rings. The van der Waals surface area contributed by atoms with Crippen molar-refractivity contribution in [2.75, 3.05) is 19.6 Å². The van der Waals surface area contributed by atoms with Gasteiger partial charge in [0.25, 0.3) is 0 Å². The molecule has 1 fully saturated rings. The largest absolute Gasteiger partial charge is 0.480 e. The second kappa shape index (κ2) is 9.08. The molecule has 0 saturated carbocycles. The van der Waals surface area contributed by atoms with E-state index in [4.69, 9.17) is 11.6 Å². The van der Waals surface area contributed by atoms with Crippen molar-refractivity contribution in [3.8, 4) is 0 Å². The maximum absolute atomic E-state index is 13.1. The van der Waals surface area contributed by atoms with Gasteiger partial charge in [-0.15, -0.1) is 0 Å². The van der Waals surface area contributed by atoms with E-state index in [-0.39, 0.29) is 12.5 Å². The molecule has 0 bridgehead atoms. The van der Waals surface area contributed by atoms with Crippen LogP contribution in [0.5, 0.6) is 0 Å². The molecule has 3 aromatic rings. The third-order valence-electron chi connectivity index (χ3n) is 6.02. The van der Waals surface area contributed by atoms with E-state index in [9.17, 15) is 14.7 Å². The Morgan fingerprint density at radius 3 is 2.45 bits per heavy atom. The summed E-state index contributed by atoms with van der Waals surface area (Å²) in [6.45, 7) is 2.94. The molecular formula is C25H25ClN2O3. The van der Waals surface area contributed by atoms with Gasteiger partial charge < -0.3 is 10.0 Å². The van der Waals surface area contributed by atoms with Crippen LogP contribution in [0.1, 0.15) is 24.1 Å². The number of carboxylic acid groups (broad SMARTS) is 1.